The second-order valence-corrected chi connectivity index (χ2v) is 3.66. The van der Waals surface area contributed by atoms with Gasteiger partial charge in [0.1, 0.15) is 0 Å². The number of rotatable bonds is 2. The zero-order chi connectivity index (χ0) is 11.5. The van der Waals surface area contributed by atoms with E-state index in [1.54, 1.807) is 12.1 Å². The Kier molecular flexibility index (Phi) is 2.68. The molecule has 0 bridgehead atoms. The smallest absolute Gasteiger partial charge is 0.250 e. The number of aromatic nitrogens is 1. The van der Waals surface area contributed by atoms with Gasteiger partial charge in [-0.2, -0.15) is 0 Å². The lowest BCUT2D eigenvalue weighted by atomic mass is 10.1. The molecule has 2 aromatic rings. The standard InChI is InChI=1S/C13H12N2O/c1-9-2-4-10(5-3-9)12-7-6-11(8-15-12)13(14)16/h2-8H,1H3,(H2,14,16). The number of primary amides is 1. The molecular weight excluding hydrogens is 200 g/mol. The van der Waals surface area contributed by atoms with Crippen LogP contribution in [0.2, 0.25) is 0 Å². The van der Waals surface area contributed by atoms with Crippen molar-refractivity contribution in [2.24, 2.45) is 5.73 Å². The largest absolute Gasteiger partial charge is 0.366 e. The highest BCUT2D eigenvalue weighted by atomic mass is 16.1. The summed E-state index contributed by atoms with van der Waals surface area (Å²) in [6.07, 6.45) is 1.50. The Morgan fingerprint density at radius 3 is 2.31 bits per heavy atom. The summed E-state index contributed by atoms with van der Waals surface area (Å²) in [5.74, 6) is -0.456. The molecule has 3 heteroatoms. The average molecular weight is 212 g/mol. The van der Waals surface area contributed by atoms with Gasteiger partial charge in [0.25, 0.3) is 0 Å². The normalized spacial score (nSPS) is 10.1. The molecule has 1 aromatic heterocycles. The molecule has 16 heavy (non-hydrogen) atoms. The Morgan fingerprint density at radius 1 is 1.12 bits per heavy atom. The number of nitrogens with two attached hydrogens (primary N) is 1. The molecule has 0 fully saturated rings. The molecule has 0 saturated carbocycles. The van der Waals surface area contributed by atoms with Gasteiger partial charge in [0.15, 0.2) is 0 Å². The molecule has 2 N–H and O–H groups in total. The van der Waals surface area contributed by atoms with Crippen LogP contribution in [-0.2, 0) is 0 Å². The monoisotopic (exact) mass is 212 g/mol. The number of pyridine rings is 1. The van der Waals surface area contributed by atoms with E-state index in [0.717, 1.165) is 11.3 Å². The molecule has 0 saturated heterocycles. The fourth-order valence-corrected chi connectivity index (χ4v) is 1.43. The Hall–Kier alpha value is -2.16. The van der Waals surface area contributed by atoms with Crippen molar-refractivity contribution in [2.75, 3.05) is 0 Å². The van der Waals surface area contributed by atoms with Crippen molar-refractivity contribution in [2.45, 2.75) is 6.92 Å². The molecule has 1 amide bonds. The van der Waals surface area contributed by atoms with Crippen molar-refractivity contribution in [3.8, 4) is 11.3 Å². The van der Waals surface area contributed by atoms with E-state index < -0.39 is 5.91 Å². The molecule has 0 spiro atoms. The van der Waals surface area contributed by atoms with Gasteiger partial charge in [-0.1, -0.05) is 29.8 Å². The Morgan fingerprint density at radius 2 is 1.81 bits per heavy atom. The molecule has 0 atom stereocenters. The number of carbonyl (C=O) groups is 1. The third-order valence-electron chi connectivity index (χ3n) is 2.40. The topological polar surface area (TPSA) is 56.0 Å². The third-order valence-corrected chi connectivity index (χ3v) is 2.40. The van der Waals surface area contributed by atoms with Crippen molar-refractivity contribution < 1.29 is 4.79 Å². The summed E-state index contributed by atoms with van der Waals surface area (Å²) in [4.78, 5) is 15.1. The minimum Gasteiger partial charge on any atom is -0.366 e. The summed E-state index contributed by atoms with van der Waals surface area (Å²) in [6, 6.07) is 11.5. The summed E-state index contributed by atoms with van der Waals surface area (Å²) < 4.78 is 0. The molecule has 80 valence electrons. The molecule has 2 rings (SSSR count). The average Bonchev–Trinajstić information content (AvgIpc) is 2.30. The first kappa shape index (κ1) is 10.4. The maximum atomic E-state index is 10.9. The van der Waals surface area contributed by atoms with Crippen LogP contribution in [0.15, 0.2) is 42.6 Å². The maximum Gasteiger partial charge on any atom is 0.250 e. The van der Waals surface area contributed by atoms with Gasteiger partial charge in [-0.15, -0.1) is 0 Å². The van der Waals surface area contributed by atoms with Gasteiger partial charge < -0.3 is 5.73 Å². The van der Waals surface area contributed by atoms with Gasteiger partial charge in [-0.3, -0.25) is 9.78 Å². The van der Waals surface area contributed by atoms with E-state index in [-0.39, 0.29) is 0 Å². The third kappa shape index (κ3) is 2.08. The first-order valence-electron chi connectivity index (χ1n) is 5.00. The van der Waals surface area contributed by atoms with Crippen LogP contribution in [0.3, 0.4) is 0 Å². The summed E-state index contributed by atoms with van der Waals surface area (Å²) >= 11 is 0. The highest BCUT2D eigenvalue weighted by Gasteiger charge is 2.02. The number of aryl methyl sites for hydroxylation is 1. The van der Waals surface area contributed by atoms with Crippen LogP contribution >= 0.6 is 0 Å². The first-order valence-corrected chi connectivity index (χ1v) is 5.00. The summed E-state index contributed by atoms with van der Waals surface area (Å²) in [7, 11) is 0. The van der Waals surface area contributed by atoms with Crippen LogP contribution in [0, 0.1) is 6.92 Å². The van der Waals surface area contributed by atoms with Crippen molar-refractivity contribution in [3.63, 3.8) is 0 Å². The molecule has 0 unspecified atom stereocenters. The molecule has 3 nitrogen and oxygen atoms in total. The van der Waals surface area contributed by atoms with Gasteiger partial charge in [0.05, 0.1) is 11.3 Å². The van der Waals surface area contributed by atoms with Gasteiger partial charge in [-0.25, -0.2) is 0 Å². The van der Waals surface area contributed by atoms with Crippen molar-refractivity contribution in [3.05, 3.63) is 53.7 Å². The lowest BCUT2D eigenvalue weighted by Gasteiger charge is -2.02. The van der Waals surface area contributed by atoms with E-state index in [1.165, 1.54) is 11.8 Å². The van der Waals surface area contributed by atoms with Crippen molar-refractivity contribution >= 4 is 5.91 Å². The number of amides is 1. The van der Waals surface area contributed by atoms with E-state index in [0.29, 0.717) is 5.56 Å². The van der Waals surface area contributed by atoms with E-state index in [1.807, 2.05) is 31.2 Å². The lowest BCUT2D eigenvalue weighted by molar-refractivity contribution is 0.1000. The van der Waals surface area contributed by atoms with E-state index in [4.69, 9.17) is 5.73 Å². The summed E-state index contributed by atoms with van der Waals surface area (Å²) in [5, 5.41) is 0. The maximum absolute atomic E-state index is 10.9. The Labute approximate surface area is 93.9 Å². The van der Waals surface area contributed by atoms with Crippen LogP contribution in [0.25, 0.3) is 11.3 Å². The fraction of sp³-hybridized carbons (Fsp3) is 0.0769. The van der Waals surface area contributed by atoms with Gasteiger partial charge in [0, 0.05) is 11.8 Å². The molecule has 0 aliphatic rings. The van der Waals surface area contributed by atoms with Crippen LogP contribution in [-0.4, -0.2) is 10.9 Å². The number of carbonyl (C=O) groups excluding carboxylic acids is 1. The van der Waals surface area contributed by atoms with Gasteiger partial charge in [0.2, 0.25) is 5.91 Å². The molecule has 0 radical (unpaired) electrons. The van der Waals surface area contributed by atoms with Crippen LogP contribution in [0.1, 0.15) is 15.9 Å². The number of hydrogen-bond donors (Lipinski definition) is 1. The summed E-state index contributed by atoms with van der Waals surface area (Å²) in [5.41, 5.74) is 8.64. The highest BCUT2D eigenvalue weighted by molar-refractivity contribution is 5.92. The number of benzene rings is 1. The predicted octanol–water partition coefficient (Wildman–Crippen LogP) is 2.16. The van der Waals surface area contributed by atoms with Crippen LogP contribution < -0.4 is 5.73 Å². The minimum absolute atomic E-state index is 0.427. The van der Waals surface area contributed by atoms with E-state index in [9.17, 15) is 4.79 Å². The quantitative estimate of drug-likeness (QED) is 0.829. The Balaban J connectivity index is 2.34. The Bertz CT molecular complexity index is 500. The second-order valence-electron chi connectivity index (χ2n) is 3.66. The van der Waals surface area contributed by atoms with Crippen molar-refractivity contribution in [1.82, 2.24) is 4.98 Å². The lowest BCUT2D eigenvalue weighted by Crippen LogP contribution is -2.10. The minimum atomic E-state index is -0.456. The number of hydrogen-bond acceptors (Lipinski definition) is 2. The van der Waals surface area contributed by atoms with Crippen LogP contribution in [0.5, 0.6) is 0 Å². The van der Waals surface area contributed by atoms with Crippen molar-refractivity contribution in [1.29, 1.82) is 0 Å². The first-order chi connectivity index (χ1) is 7.66. The van der Waals surface area contributed by atoms with Crippen LogP contribution in [0.4, 0.5) is 0 Å². The van der Waals surface area contributed by atoms with E-state index in [2.05, 4.69) is 4.98 Å². The summed E-state index contributed by atoms with van der Waals surface area (Å²) in [6.45, 7) is 2.04. The van der Waals surface area contributed by atoms with E-state index >= 15 is 0 Å². The molecule has 1 aromatic carbocycles. The van der Waals surface area contributed by atoms with Gasteiger partial charge in [-0.05, 0) is 19.1 Å². The SMILES string of the molecule is Cc1ccc(-c2ccc(C(N)=O)cn2)cc1. The molecule has 1 heterocycles. The second kappa shape index (κ2) is 4.14. The highest BCUT2D eigenvalue weighted by Crippen LogP contribution is 2.17. The number of nitrogens with zero attached hydrogens (tertiary/aromatic N) is 1. The molecule has 0 aliphatic carbocycles. The zero-order valence-electron chi connectivity index (χ0n) is 8.97. The predicted molar refractivity (Wildman–Crippen MR) is 62.9 cm³/mol. The fourth-order valence-electron chi connectivity index (χ4n) is 1.43. The zero-order valence-corrected chi connectivity index (χ0v) is 8.97. The van der Waals surface area contributed by atoms with Gasteiger partial charge >= 0.3 is 0 Å². The molecule has 0 aliphatic heterocycles. The molecular formula is C13H12N2O.